The summed E-state index contributed by atoms with van der Waals surface area (Å²) in [6.45, 7) is 6.29. The summed E-state index contributed by atoms with van der Waals surface area (Å²) in [5.41, 5.74) is 0. The number of hydrogen-bond acceptors (Lipinski definition) is 6. The molecule has 71 heavy (non-hydrogen) atoms. The monoisotopic (exact) mass is 981 g/mol. The van der Waals surface area contributed by atoms with Gasteiger partial charge < -0.3 is 14.2 Å². The fraction of sp³-hybridized carbons (Fsp3) is 0.615. The molecule has 400 valence electrons. The quantitative estimate of drug-likeness (QED) is 0.0262. The van der Waals surface area contributed by atoms with E-state index < -0.39 is 6.10 Å². The first-order chi connectivity index (χ1) is 35.0. The first kappa shape index (κ1) is 66.6. The molecule has 0 aromatic carbocycles. The minimum atomic E-state index is -0.823. The Labute approximate surface area is 436 Å². The van der Waals surface area contributed by atoms with E-state index in [1.54, 1.807) is 0 Å². The van der Waals surface area contributed by atoms with Crippen LogP contribution in [0.15, 0.2) is 134 Å². The van der Waals surface area contributed by atoms with Crippen LogP contribution in [0.4, 0.5) is 0 Å². The lowest BCUT2D eigenvalue weighted by Gasteiger charge is -2.18. The van der Waals surface area contributed by atoms with Crippen molar-refractivity contribution in [2.75, 3.05) is 13.2 Å². The fourth-order valence-electron chi connectivity index (χ4n) is 7.39. The van der Waals surface area contributed by atoms with Crippen LogP contribution in [0.3, 0.4) is 0 Å². The van der Waals surface area contributed by atoms with Gasteiger partial charge in [0, 0.05) is 19.3 Å². The van der Waals surface area contributed by atoms with E-state index in [9.17, 15) is 14.4 Å². The SMILES string of the molecule is CC/C=C\C/C=C\C/C=C\C/C=C\CCCCCCCCCCC(=O)OCC(COC(=O)CC/C=C\C/C=C\C/C=C\C/C=C\CC)OC(=O)CCCCCCCC/C=C\C/C=C\C/C=C\CCCCC. The molecule has 0 N–H and O–H groups in total. The molecule has 0 saturated carbocycles. The highest BCUT2D eigenvalue weighted by Crippen LogP contribution is 2.14. The van der Waals surface area contributed by atoms with Gasteiger partial charge in [-0.25, -0.2) is 0 Å². The Balaban J connectivity index is 4.48. The van der Waals surface area contributed by atoms with Gasteiger partial charge in [0.05, 0.1) is 0 Å². The van der Waals surface area contributed by atoms with E-state index in [4.69, 9.17) is 14.2 Å². The molecule has 0 fully saturated rings. The third-order valence-electron chi connectivity index (χ3n) is 11.6. The minimum absolute atomic E-state index is 0.114. The van der Waals surface area contributed by atoms with Gasteiger partial charge in [0.15, 0.2) is 6.10 Å². The Bertz CT molecular complexity index is 1550. The number of ether oxygens (including phenoxy) is 3. The first-order valence-corrected chi connectivity index (χ1v) is 28.7. The zero-order valence-corrected chi connectivity index (χ0v) is 45.7. The van der Waals surface area contributed by atoms with Crippen molar-refractivity contribution in [3.63, 3.8) is 0 Å². The number of allylic oxidation sites excluding steroid dienone is 22. The van der Waals surface area contributed by atoms with Crippen LogP contribution in [0.1, 0.15) is 239 Å². The van der Waals surface area contributed by atoms with Crippen LogP contribution in [0.25, 0.3) is 0 Å². The lowest BCUT2D eigenvalue weighted by molar-refractivity contribution is -0.166. The van der Waals surface area contributed by atoms with Crippen LogP contribution in [0, 0.1) is 0 Å². The number of carbonyl (C=O) groups is 3. The maximum absolute atomic E-state index is 12.9. The molecule has 1 unspecified atom stereocenters. The third kappa shape index (κ3) is 56.3. The number of esters is 3. The summed E-state index contributed by atoms with van der Waals surface area (Å²) < 4.78 is 16.8. The van der Waals surface area contributed by atoms with Crippen molar-refractivity contribution in [3.8, 4) is 0 Å². The highest BCUT2D eigenvalue weighted by Gasteiger charge is 2.19. The van der Waals surface area contributed by atoms with Gasteiger partial charge in [-0.2, -0.15) is 0 Å². The molecule has 0 aromatic heterocycles. The van der Waals surface area contributed by atoms with Crippen molar-refractivity contribution in [3.05, 3.63) is 134 Å². The van der Waals surface area contributed by atoms with E-state index in [1.807, 2.05) is 12.2 Å². The number of rotatable bonds is 50. The molecule has 0 aliphatic heterocycles. The summed E-state index contributed by atoms with van der Waals surface area (Å²) >= 11 is 0. The largest absolute Gasteiger partial charge is 0.462 e. The van der Waals surface area contributed by atoms with Crippen LogP contribution in [0.5, 0.6) is 0 Å². The predicted molar refractivity (Wildman–Crippen MR) is 306 cm³/mol. The standard InChI is InChI=1S/C65H104O6/c1-4-7-10-13-16-19-22-25-27-29-31-32-34-35-37-40-43-46-49-52-55-58-64(67)70-61-62(60-69-63(66)57-54-51-48-45-42-39-24-21-18-15-12-9-6-3)71-65(68)59-56-53-50-47-44-41-38-36-33-30-28-26-23-20-17-14-11-8-5-2/h7,9-10,12,16-21,25-28,31-33,36,39,42,48,51,62H,4-6,8,11,13-15,22-24,29-30,34-35,37-38,40-41,43-47,49-50,52-61H2,1-3H3/b10-7-,12-9-,19-16-,20-17-,21-18-,27-25-,28-26-,32-31-,36-33-,42-39-,51-48-. The van der Waals surface area contributed by atoms with E-state index in [0.717, 1.165) is 122 Å². The van der Waals surface area contributed by atoms with E-state index in [-0.39, 0.29) is 37.5 Å². The van der Waals surface area contributed by atoms with Crippen molar-refractivity contribution >= 4 is 17.9 Å². The highest BCUT2D eigenvalue weighted by atomic mass is 16.6. The van der Waals surface area contributed by atoms with Gasteiger partial charge in [0.25, 0.3) is 0 Å². The summed E-state index contributed by atoms with van der Waals surface area (Å²) in [5.74, 6) is -1.02. The minimum Gasteiger partial charge on any atom is -0.462 e. The number of hydrogen-bond donors (Lipinski definition) is 0. The maximum Gasteiger partial charge on any atom is 0.306 e. The molecule has 0 aromatic rings. The molecular formula is C65H104O6. The van der Waals surface area contributed by atoms with Gasteiger partial charge in [0.2, 0.25) is 0 Å². The molecule has 0 rings (SSSR count). The topological polar surface area (TPSA) is 78.9 Å². The molecule has 0 aliphatic rings. The van der Waals surface area contributed by atoms with Crippen molar-refractivity contribution in [1.82, 2.24) is 0 Å². The summed E-state index contributed by atoms with van der Waals surface area (Å²) in [6, 6.07) is 0. The van der Waals surface area contributed by atoms with Crippen molar-refractivity contribution in [1.29, 1.82) is 0 Å². The molecule has 0 saturated heterocycles. The maximum atomic E-state index is 12.9. The molecular weight excluding hydrogens is 877 g/mol. The Morgan fingerprint density at radius 2 is 0.577 bits per heavy atom. The Kier molecular flexibility index (Phi) is 54.5. The molecule has 0 aliphatic carbocycles. The summed E-state index contributed by atoms with van der Waals surface area (Å²) in [7, 11) is 0. The van der Waals surface area contributed by atoms with Crippen LogP contribution in [-0.4, -0.2) is 37.2 Å². The first-order valence-electron chi connectivity index (χ1n) is 28.7. The van der Waals surface area contributed by atoms with Crippen LogP contribution >= 0.6 is 0 Å². The lowest BCUT2D eigenvalue weighted by atomic mass is 10.1. The second-order valence-electron chi connectivity index (χ2n) is 18.4. The average Bonchev–Trinajstić information content (AvgIpc) is 3.37. The van der Waals surface area contributed by atoms with E-state index >= 15 is 0 Å². The zero-order chi connectivity index (χ0) is 51.4. The Morgan fingerprint density at radius 3 is 0.944 bits per heavy atom. The Hall–Kier alpha value is -4.45. The molecule has 0 amide bonds. The fourth-order valence-corrected chi connectivity index (χ4v) is 7.39. The van der Waals surface area contributed by atoms with E-state index in [0.29, 0.717) is 19.3 Å². The van der Waals surface area contributed by atoms with Crippen molar-refractivity contribution < 1.29 is 28.6 Å². The molecule has 1 atom stereocenters. The Morgan fingerprint density at radius 1 is 0.296 bits per heavy atom. The van der Waals surface area contributed by atoms with E-state index in [1.165, 1.54) is 70.6 Å². The molecule has 0 bridgehead atoms. The number of unbranched alkanes of at least 4 members (excludes halogenated alkanes) is 17. The van der Waals surface area contributed by atoms with Crippen LogP contribution < -0.4 is 0 Å². The second-order valence-corrected chi connectivity index (χ2v) is 18.4. The normalized spacial score (nSPS) is 13.1. The smallest absolute Gasteiger partial charge is 0.306 e. The molecule has 0 heterocycles. The zero-order valence-electron chi connectivity index (χ0n) is 45.7. The molecule has 0 spiro atoms. The van der Waals surface area contributed by atoms with Gasteiger partial charge in [-0.05, 0) is 122 Å². The highest BCUT2D eigenvalue weighted by molar-refractivity contribution is 5.71. The summed E-state index contributed by atoms with van der Waals surface area (Å²) in [5, 5.41) is 0. The summed E-state index contributed by atoms with van der Waals surface area (Å²) in [6.07, 6.45) is 81.7. The molecule has 0 radical (unpaired) electrons. The van der Waals surface area contributed by atoms with Crippen molar-refractivity contribution in [2.24, 2.45) is 0 Å². The van der Waals surface area contributed by atoms with Gasteiger partial charge in [0.1, 0.15) is 13.2 Å². The van der Waals surface area contributed by atoms with Gasteiger partial charge in [-0.15, -0.1) is 0 Å². The molecule has 6 nitrogen and oxygen atoms in total. The van der Waals surface area contributed by atoms with Crippen molar-refractivity contribution in [2.45, 2.75) is 245 Å². The van der Waals surface area contributed by atoms with Gasteiger partial charge >= 0.3 is 17.9 Å². The predicted octanol–water partition coefficient (Wildman–Crippen LogP) is 19.4. The average molecular weight is 982 g/mol. The lowest BCUT2D eigenvalue weighted by Crippen LogP contribution is -2.30. The van der Waals surface area contributed by atoms with Crippen LogP contribution in [-0.2, 0) is 28.6 Å². The second kappa shape index (κ2) is 58.1. The molecule has 6 heteroatoms. The summed E-state index contributed by atoms with van der Waals surface area (Å²) in [4.78, 5) is 38.1. The van der Waals surface area contributed by atoms with Gasteiger partial charge in [-0.3, -0.25) is 14.4 Å². The third-order valence-corrected chi connectivity index (χ3v) is 11.6. The van der Waals surface area contributed by atoms with Gasteiger partial charge in [-0.1, -0.05) is 231 Å². The van der Waals surface area contributed by atoms with Crippen LogP contribution in [0.2, 0.25) is 0 Å². The number of carbonyl (C=O) groups excluding carboxylic acids is 3. The van der Waals surface area contributed by atoms with E-state index in [2.05, 4.69) is 142 Å².